The van der Waals surface area contributed by atoms with Gasteiger partial charge in [0.05, 0.1) is 0 Å². The predicted molar refractivity (Wildman–Crippen MR) is 33.1 cm³/mol. The van der Waals surface area contributed by atoms with E-state index in [1.54, 1.807) is 24.3 Å². The maximum Gasteiger partial charge on any atom is 0.519 e. The van der Waals surface area contributed by atoms with Gasteiger partial charge >= 0.3 is 6.16 Å². The van der Waals surface area contributed by atoms with E-state index in [2.05, 4.69) is 9.47 Å². The average Bonchev–Trinajstić information content (AvgIpc) is 1.85. The van der Waals surface area contributed by atoms with Crippen LogP contribution in [0.2, 0.25) is 0 Å². The maximum absolute atomic E-state index is 10.5. The number of fused-ring (bicyclic) bond motifs is 2. The second kappa shape index (κ2) is 1.73. The molecule has 3 heteroatoms. The van der Waals surface area contributed by atoms with Crippen molar-refractivity contribution in [2.24, 2.45) is 0 Å². The summed E-state index contributed by atoms with van der Waals surface area (Å²) in [6.07, 6.45) is -0.659. The van der Waals surface area contributed by atoms with Crippen LogP contribution in [-0.2, 0) is 0 Å². The van der Waals surface area contributed by atoms with Crippen LogP contribution < -0.4 is 9.47 Å². The molecule has 1 heterocycles. The van der Waals surface area contributed by atoms with Gasteiger partial charge in [0.15, 0.2) is 0 Å². The van der Waals surface area contributed by atoms with E-state index in [1.165, 1.54) is 0 Å². The van der Waals surface area contributed by atoms with Gasteiger partial charge in [0.2, 0.25) is 0 Å². The van der Waals surface area contributed by atoms with Crippen molar-refractivity contribution < 1.29 is 14.3 Å². The van der Waals surface area contributed by atoms with Crippen LogP contribution in [0.15, 0.2) is 24.3 Å². The molecule has 50 valence electrons. The third kappa shape index (κ3) is 0.719. The van der Waals surface area contributed by atoms with Gasteiger partial charge < -0.3 is 9.47 Å². The summed E-state index contributed by atoms with van der Waals surface area (Å²) in [7, 11) is 0. The molecule has 0 spiro atoms. The minimum Gasteiger partial charge on any atom is -0.395 e. The SMILES string of the molecule is O=C1Oc2cccc(c2)O1. The second-order valence-electron chi connectivity index (χ2n) is 1.93. The number of hydrogen-bond donors (Lipinski definition) is 0. The predicted octanol–water partition coefficient (Wildman–Crippen LogP) is 1.58. The van der Waals surface area contributed by atoms with Crippen molar-refractivity contribution in [1.82, 2.24) is 0 Å². The zero-order valence-electron chi connectivity index (χ0n) is 5.03. The standard InChI is InChI=1S/C7H4O3/c8-7-9-5-2-1-3-6(4-5)10-7/h1-4H. The van der Waals surface area contributed by atoms with Crippen molar-refractivity contribution in [3.05, 3.63) is 24.3 Å². The quantitative estimate of drug-likeness (QED) is 0.401. The van der Waals surface area contributed by atoms with E-state index in [-0.39, 0.29) is 0 Å². The molecule has 0 unspecified atom stereocenters. The van der Waals surface area contributed by atoms with Crippen LogP contribution in [0.5, 0.6) is 11.5 Å². The summed E-state index contributed by atoms with van der Waals surface area (Å²) in [5.74, 6) is 1.07. The summed E-state index contributed by atoms with van der Waals surface area (Å²) in [5.41, 5.74) is 0. The monoisotopic (exact) mass is 136 g/mol. The fourth-order valence-corrected chi connectivity index (χ4v) is 0.814. The minimum atomic E-state index is -0.659. The first-order valence-corrected chi connectivity index (χ1v) is 2.84. The van der Waals surface area contributed by atoms with Crippen molar-refractivity contribution in [3.63, 3.8) is 0 Å². The highest BCUT2D eigenvalue weighted by atomic mass is 16.7. The Morgan fingerprint density at radius 1 is 1.10 bits per heavy atom. The van der Waals surface area contributed by atoms with Crippen LogP contribution in [-0.4, -0.2) is 6.16 Å². The number of benzene rings is 1. The van der Waals surface area contributed by atoms with Gasteiger partial charge in [0, 0.05) is 6.07 Å². The van der Waals surface area contributed by atoms with Crippen LogP contribution in [0, 0.1) is 0 Å². The molecular formula is C7H4O3. The molecule has 1 aromatic rings. The lowest BCUT2D eigenvalue weighted by Crippen LogP contribution is -2.16. The molecule has 0 aliphatic carbocycles. The molecule has 3 nitrogen and oxygen atoms in total. The fourth-order valence-electron chi connectivity index (χ4n) is 0.814. The van der Waals surface area contributed by atoms with Crippen molar-refractivity contribution in [1.29, 1.82) is 0 Å². The van der Waals surface area contributed by atoms with E-state index < -0.39 is 6.16 Å². The Hall–Kier alpha value is -1.51. The van der Waals surface area contributed by atoms with Crippen LogP contribution in [0.3, 0.4) is 0 Å². The molecule has 0 saturated carbocycles. The summed E-state index contributed by atoms with van der Waals surface area (Å²) in [4.78, 5) is 10.5. The van der Waals surface area contributed by atoms with Gasteiger partial charge in [-0.15, -0.1) is 0 Å². The lowest BCUT2D eigenvalue weighted by Gasteiger charge is -2.11. The molecular weight excluding hydrogens is 132 g/mol. The molecule has 0 radical (unpaired) electrons. The summed E-state index contributed by atoms with van der Waals surface area (Å²) in [6.45, 7) is 0. The second-order valence-corrected chi connectivity index (χ2v) is 1.93. The van der Waals surface area contributed by atoms with E-state index in [9.17, 15) is 4.79 Å². The Labute approximate surface area is 57.2 Å². The Kier molecular flexibility index (Phi) is 0.917. The Morgan fingerprint density at radius 3 is 2.30 bits per heavy atom. The van der Waals surface area contributed by atoms with E-state index in [0.29, 0.717) is 11.5 Å². The van der Waals surface area contributed by atoms with Gasteiger partial charge in [-0.05, 0) is 12.1 Å². The van der Waals surface area contributed by atoms with Crippen LogP contribution in [0.1, 0.15) is 0 Å². The van der Waals surface area contributed by atoms with Gasteiger partial charge in [-0.2, -0.15) is 0 Å². The molecule has 2 bridgehead atoms. The zero-order chi connectivity index (χ0) is 6.97. The largest absolute Gasteiger partial charge is 0.519 e. The van der Waals surface area contributed by atoms with E-state index >= 15 is 0 Å². The fraction of sp³-hybridized carbons (Fsp3) is 0. The summed E-state index contributed by atoms with van der Waals surface area (Å²) >= 11 is 0. The lowest BCUT2D eigenvalue weighted by atomic mass is 10.3. The number of carbonyl (C=O) groups is 1. The molecule has 0 aromatic heterocycles. The summed E-state index contributed by atoms with van der Waals surface area (Å²) < 4.78 is 9.26. The van der Waals surface area contributed by atoms with Gasteiger partial charge in [0.25, 0.3) is 0 Å². The molecule has 1 aliphatic rings. The van der Waals surface area contributed by atoms with Crippen LogP contribution >= 0.6 is 0 Å². The first-order chi connectivity index (χ1) is 4.84. The first kappa shape index (κ1) is 5.29. The lowest BCUT2D eigenvalue weighted by molar-refractivity contribution is 0.146. The molecule has 0 amide bonds. The molecule has 1 aromatic carbocycles. The molecule has 0 saturated heterocycles. The van der Waals surface area contributed by atoms with Gasteiger partial charge in [0.1, 0.15) is 11.5 Å². The first-order valence-electron chi connectivity index (χ1n) is 2.84. The van der Waals surface area contributed by atoms with Crippen molar-refractivity contribution in [2.75, 3.05) is 0 Å². The molecule has 0 N–H and O–H groups in total. The van der Waals surface area contributed by atoms with E-state index in [1.807, 2.05) is 0 Å². The summed E-state index contributed by atoms with van der Waals surface area (Å²) in [6, 6.07) is 6.81. The number of carbonyl (C=O) groups excluding carboxylic acids is 1. The molecule has 0 fully saturated rings. The van der Waals surface area contributed by atoms with Crippen molar-refractivity contribution in [3.8, 4) is 11.5 Å². The third-order valence-electron chi connectivity index (χ3n) is 1.21. The highest BCUT2D eigenvalue weighted by Crippen LogP contribution is 2.23. The molecule has 2 rings (SSSR count). The average molecular weight is 136 g/mol. The third-order valence-corrected chi connectivity index (χ3v) is 1.21. The molecule has 0 atom stereocenters. The van der Waals surface area contributed by atoms with Gasteiger partial charge in [-0.25, -0.2) is 4.79 Å². The molecule has 1 aliphatic heterocycles. The topological polar surface area (TPSA) is 35.5 Å². The minimum absolute atomic E-state index is 0.536. The van der Waals surface area contributed by atoms with Crippen molar-refractivity contribution >= 4 is 6.16 Å². The van der Waals surface area contributed by atoms with Crippen LogP contribution in [0.25, 0.3) is 0 Å². The Balaban J connectivity index is 2.52. The van der Waals surface area contributed by atoms with E-state index in [0.717, 1.165) is 0 Å². The normalized spacial score (nSPS) is 13.8. The zero-order valence-corrected chi connectivity index (χ0v) is 5.03. The number of ether oxygens (including phenoxy) is 2. The number of hydrogen-bond acceptors (Lipinski definition) is 3. The smallest absolute Gasteiger partial charge is 0.395 e. The van der Waals surface area contributed by atoms with Gasteiger partial charge in [-0.3, -0.25) is 0 Å². The summed E-state index contributed by atoms with van der Waals surface area (Å²) in [5, 5.41) is 0. The van der Waals surface area contributed by atoms with Gasteiger partial charge in [-0.1, -0.05) is 6.07 Å². The Morgan fingerprint density at radius 2 is 1.70 bits per heavy atom. The number of rotatable bonds is 0. The van der Waals surface area contributed by atoms with Crippen molar-refractivity contribution in [2.45, 2.75) is 0 Å². The van der Waals surface area contributed by atoms with Crippen LogP contribution in [0.4, 0.5) is 4.79 Å². The van der Waals surface area contributed by atoms with E-state index in [4.69, 9.17) is 0 Å². The molecule has 10 heavy (non-hydrogen) atoms. The highest BCUT2D eigenvalue weighted by Gasteiger charge is 2.13. The maximum atomic E-state index is 10.5. The Bertz CT molecular complexity index is 257. The highest BCUT2D eigenvalue weighted by molar-refractivity contribution is 5.69.